The summed E-state index contributed by atoms with van der Waals surface area (Å²) in [5.74, 6) is -0.805. The molecule has 1 aromatic carbocycles. The van der Waals surface area contributed by atoms with Crippen molar-refractivity contribution in [3.8, 4) is 11.5 Å². The van der Waals surface area contributed by atoms with Gasteiger partial charge in [0.1, 0.15) is 17.1 Å². The summed E-state index contributed by atoms with van der Waals surface area (Å²) in [6.07, 6.45) is 1.77. The lowest BCUT2D eigenvalue weighted by Gasteiger charge is -2.29. The molecule has 1 aliphatic heterocycles. The van der Waals surface area contributed by atoms with Gasteiger partial charge in [-0.2, -0.15) is 0 Å². The number of nitrogens with zero attached hydrogens (tertiary/aromatic N) is 1. The number of amides is 1. The number of rotatable bonds is 2. The van der Waals surface area contributed by atoms with E-state index in [-0.39, 0.29) is 23.1 Å². The lowest BCUT2D eigenvalue weighted by atomic mass is 10.0. The van der Waals surface area contributed by atoms with Crippen molar-refractivity contribution in [1.29, 1.82) is 0 Å². The van der Waals surface area contributed by atoms with Crippen LogP contribution in [0.4, 0.5) is 0 Å². The van der Waals surface area contributed by atoms with Gasteiger partial charge < -0.3 is 20.4 Å². The van der Waals surface area contributed by atoms with E-state index >= 15 is 0 Å². The molecule has 5 heteroatoms. The van der Waals surface area contributed by atoms with Crippen LogP contribution >= 0.6 is 0 Å². The van der Waals surface area contributed by atoms with Crippen LogP contribution in [0.1, 0.15) is 23.2 Å². The molecule has 2 rings (SSSR count). The van der Waals surface area contributed by atoms with E-state index in [2.05, 4.69) is 10.2 Å². The SMILES string of the molecule is CN1CCC(NC(=O)c2c(O)cccc2O)CC1. The van der Waals surface area contributed by atoms with Crippen LogP contribution in [0.5, 0.6) is 11.5 Å². The molecule has 1 aliphatic rings. The predicted octanol–water partition coefficient (Wildman–Crippen LogP) is 0.922. The van der Waals surface area contributed by atoms with Crippen LogP contribution in [0.25, 0.3) is 0 Å². The van der Waals surface area contributed by atoms with Crippen molar-refractivity contribution < 1.29 is 15.0 Å². The first kappa shape index (κ1) is 12.7. The van der Waals surface area contributed by atoms with Crippen molar-refractivity contribution in [3.63, 3.8) is 0 Å². The van der Waals surface area contributed by atoms with Gasteiger partial charge in [0.2, 0.25) is 0 Å². The van der Waals surface area contributed by atoms with Gasteiger partial charge >= 0.3 is 0 Å². The molecule has 98 valence electrons. The maximum Gasteiger partial charge on any atom is 0.259 e. The Morgan fingerprint density at radius 3 is 2.39 bits per heavy atom. The third-order valence-electron chi connectivity index (χ3n) is 3.30. The van der Waals surface area contributed by atoms with Crippen molar-refractivity contribution in [1.82, 2.24) is 10.2 Å². The first-order valence-corrected chi connectivity index (χ1v) is 6.08. The normalized spacial score (nSPS) is 17.6. The fraction of sp³-hybridized carbons (Fsp3) is 0.462. The molecule has 3 N–H and O–H groups in total. The highest BCUT2D eigenvalue weighted by atomic mass is 16.3. The number of piperidine rings is 1. The largest absolute Gasteiger partial charge is 0.507 e. The number of carbonyl (C=O) groups is 1. The highest BCUT2D eigenvalue weighted by molar-refractivity contribution is 5.99. The second-order valence-electron chi connectivity index (χ2n) is 4.72. The number of hydrogen-bond donors (Lipinski definition) is 3. The zero-order valence-corrected chi connectivity index (χ0v) is 10.4. The smallest absolute Gasteiger partial charge is 0.259 e. The molecule has 0 radical (unpaired) electrons. The Hall–Kier alpha value is -1.75. The van der Waals surface area contributed by atoms with Gasteiger partial charge in [-0.05, 0) is 45.1 Å². The van der Waals surface area contributed by atoms with Gasteiger partial charge in [-0.25, -0.2) is 0 Å². The van der Waals surface area contributed by atoms with Crippen LogP contribution in [0.2, 0.25) is 0 Å². The highest BCUT2D eigenvalue weighted by Crippen LogP contribution is 2.26. The van der Waals surface area contributed by atoms with Crippen molar-refractivity contribution >= 4 is 5.91 Å². The molecule has 0 aliphatic carbocycles. The number of aromatic hydroxyl groups is 2. The molecule has 0 aromatic heterocycles. The molecule has 1 saturated heterocycles. The summed E-state index contributed by atoms with van der Waals surface area (Å²) in [6.45, 7) is 1.88. The molecule has 5 nitrogen and oxygen atoms in total. The van der Waals surface area contributed by atoms with Gasteiger partial charge in [-0.15, -0.1) is 0 Å². The topological polar surface area (TPSA) is 72.8 Å². The molecule has 0 unspecified atom stereocenters. The maximum absolute atomic E-state index is 12.0. The van der Waals surface area contributed by atoms with Crippen LogP contribution in [-0.4, -0.2) is 47.2 Å². The van der Waals surface area contributed by atoms with Crippen LogP contribution < -0.4 is 5.32 Å². The first-order valence-electron chi connectivity index (χ1n) is 6.08. The molecular formula is C13H18N2O3. The summed E-state index contributed by atoms with van der Waals surface area (Å²) in [5, 5.41) is 22.1. The van der Waals surface area contributed by atoms with Crippen molar-refractivity contribution in [2.24, 2.45) is 0 Å². The number of phenols is 2. The van der Waals surface area contributed by atoms with E-state index in [4.69, 9.17) is 0 Å². The fourth-order valence-electron chi connectivity index (χ4n) is 2.17. The van der Waals surface area contributed by atoms with Gasteiger partial charge in [0.15, 0.2) is 0 Å². The molecule has 18 heavy (non-hydrogen) atoms. The second-order valence-corrected chi connectivity index (χ2v) is 4.72. The Bertz CT molecular complexity index is 420. The molecule has 1 aromatic rings. The molecule has 0 atom stereocenters. The average Bonchev–Trinajstić information content (AvgIpc) is 2.32. The van der Waals surface area contributed by atoms with Crippen LogP contribution in [-0.2, 0) is 0 Å². The van der Waals surface area contributed by atoms with Gasteiger partial charge in [0.25, 0.3) is 5.91 Å². The number of likely N-dealkylation sites (tertiary alicyclic amines) is 1. The van der Waals surface area contributed by atoms with E-state index in [1.165, 1.54) is 18.2 Å². The summed E-state index contributed by atoms with van der Waals surface area (Å²) in [6, 6.07) is 4.39. The Balaban J connectivity index is 2.04. The van der Waals surface area contributed by atoms with E-state index in [9.17, 15) is 15.0 Å². The van der Waals surface area contributed by atoms with Crippen molar-refractivity contribution in [3.05, 3.63) is 23.8 Å². The van der Waals surface area contributed by atoms with Gasteiger partial charge in [-0.1, -0.05) is 6.07 Å². The summed E-state index contributed by atoms with van der Waals surface area (Å²) >= 11 is 0. The highest BCUT2D eigenvalue weighted by Gasteiger charge is 2.22. The zero-order valence-electron chi connectivity index (χ0n) is 10.4. The Labute approximate surface area is 106 Å². The predicted molar refractivity (Wildman–Crippen MR) is 67.8 cm³/mol. The fourth-order valence-corrected chi connectivity index (χ4v) is 2.17. The van der Waals surface area contributed by atoms with Gasteiger partial charge in [0.05, 0.1) is 0 Å². The van der Waals surface area contributed by atoms with E-state index < -0.39 is 5.91 Å². The average molecular weight is 250 g/mol. The number of carbonyl (C=O) groups excluding carboxylic acids is 1. The van der Waals surface area contributed by atoms with Crippen LogP contribution in [0.3, 0.4) is 0 Å². The molecule has 0 saturated carbocycles. The van der Waals surface area contributed by atoms with E-state index in [0.717, 1.165) is 25.9 Å². The van der Waals surface area contributed by atoms with E-state index in [1.807, 2.05) is 7.05 Å². The molecule has 1 fully saturated rings. The zero-order chi connectivity index (χ0) is 13.1. The summed E-state index contributed by atoms with van der Waals surface area (Å²) in [7, 11) is 2.05. The third-order valence-corrected chi connectivity index (χ3v) is 3.30. The molecule has 1 amide bonds. The molecular weight excluding hydrogens is 232 g/mol. The minimum absolute atomic E-state index is 0.0450. The lowest BCUT2D eigenvalue weighted by molar-refractivity contribution is 0.0911. The monoisotopic (exact) mass is 250 g/mol. The van der Waals surface area contributed by atoms with Gasteiger partial charge in [0, 0.05) is 6.04 Å². The molecule has 1 heterocycles. The Kier molecular flexibility index (Phi) is 3.72. The summed E-state index contributed by atoms with van der Waals surface area (Å²) in [5.41, 5.74) is -0.0450. The van der Waals surface area contributed by atoms with Crippen molar-refractivity contribution in [2.45, 2.75) is 18.9 Å². The van der Waals surface area contributed by atoms with Gasteiger partial charge in [-0.3, -0.25) is 4.79 Å². The molecule has 0 bridgehead atoms. The Morgan fingerprint density at radius 1 is 1.28 bits per heavy atom. The summed E-state index contributed by atoms with van der Waals surface area (Å²) < 4.78 is 0. The minimum atomic E-state index is -0.417. The maximum atomic E-state index is 12.0. The van der Waals surface area contributed by atoms with Crippen molar-refractivity contribution in [2.75, 3.05) is 20.1 Å². The quantitative estimate of drug-likeness (QED) is 0.730. The number of phenolic OH excluding ortho intramolecular Hbond substituents is 2. The van der Waals surface area contributed by atoms with Crippen LogP contribution in [0, 0.1) is 0 Å². The number of hydrogen-bond acceptors (Lipinski definition) is 4. The second kappa shape index (κ2) is 5.27. The standard InChI is InChI=1S/C13H18N2O3/c1-15-7-5-9(6-8-15)14-13(18)12-10(16)3-2-4-11(12)17/h2-4,9,16-17H,5-8H2,1H3,(H,14,18). The number of nitrogens with one attached hydrogen (secondary N) is 1. The molecule has 0 spiro atoms. The first-order chi connectivity index (χ1) is 8.58. The minimum Gasteiger partial charge on any atom is -0.507 e. The lowest BCUT2D eigenvalue weighted by Crippen LogP contribution is -2.43. The van der Waals surface area contributed by atoms with Crippen LogP contribution in [0.15, 0.2) is 18.2 Å². The third kappa shape index (κ3) is 2.73. The number of benzene rings is 1. The Morgan fingerprint density at radius 2 is 1.83 bits per heavy atom. The summed E-state index contributed by atoms with van der Waals surface area (Å²) in [4.78, 5) is 14.2. The van der Waals surface area contributed by atoms with E-state index in [0.29, 0.717) is 0 Å². The van der Waals surface area contributed by atoms with E-state index in [1.54, 1.807) is 0 Å².